The lowest BCUT2D eigenvalue weighted by atomic mass is 9.78. The van der Waals surface area contributed by atoms with Crippen LogP contribution < -0.4 is 0 Å². The molecule has 0 radical (unpaired) electrons. The Labute approximate surface area is 121 Å². The molecular weight excluding hydrogens is 252 g/mol. The number of allylic oxidation sites excluding steroid dienone is 1. The molecule has 0 amide bonds. The Morgan fingerprint density at radius 3 is 2.58 bits per heavy atom. The topological polar surface area (TPSA) is 27.0 Å². The highest BCUT2D eigenvalue weighted by atomic mass is 32.2. The second kappa shape index (κ2) is 7.57. The van der Waals surface area contributed by atoms with Crippen LogP contribution in [0.15, 0.2) is 35.8 Å². The molecule has 1 saturated heterocycles. The fourth-order valence-electron chi connectivity index (χ4n) is 2.35. The summed E-state index contributed by atoms with van der Waals surface area (Å²) >= 11 is 1.69. The molecule has 1 heterocycles. The van der Waals surface area contributed by atoms with Gasteiger partial charge < -0.3 is 0 Å². The minimum Gasteiger partial charge on any atom is -0.299 e. The quantitative estimate of drug-likeness (QED) is 0.686. The molecule has 0 aromatic heterocycles. The van der Waals surface area contributed by atoms with Gasteiger partial charge in [0.1, 0.15) is 0 Å². The predicted octanol–water partition coefficient (Wildman–Crippen LogP) is 3.99. The van der Waals surface area contributed by atoms with E-state index in [1.807, 2.05) is 6.08 Å². The van der Waals surface area contributed by atoms with Crippen LogP contribution in [-0.4, -0.2) is 30.8 Å². The van der Waals surface area contributed by atoms with Crippen LogP contribution in [0.25, 0.3) is 0 Å². The van der Waals surface area contributed by atoms with Crippen LogP contribution in [0, 0.1) is 16.7 Å². The van der Waals surface area contributed by atoms with Crippen molar-refractivity contribution in [2.45, 2.75) is 26.2 Å². The number of hydrogen-bond acceptors (Lipinski definition) is 3. The number of nitrogens with zero attached hydrogens (tertiary/aromatic N) is 2. The number of piperidine rings is 1. The van der Waals surface area contributed by atoms with Gasteiger partial charge >= 0.3 is 0 Å². The highest BCUT2D eigenvalue weighted by Gasteiger charge is 2.29. The molecule has 0 N–H and O–H groups in total. The van der Waals surface area contributed by atoms with E-state index in [4.69, 9.17) is 5.26 Å². The van der Waals surface area contributed by atoms with Gasteiger partial charge in [0.25, 0.3) is 0 Å². The summed E-state index contributed by atoms with van der Waals surface area (Å²) in [5.74, 6) is 0. The molecular formula is C16H24N2S. The van der Waals surface area contributed by atoms with Gasteiger partial charge in [0.2, 0.25) is 0 Å². The van der Waals surface area contributed by atoms with Crippen LogP contribution in [0.1, 0.15) is 26.2 Å². The second-order valence-electron chi connectivity index (χ2n) is 5.53. The largest absolute Gasteiger partial charge is 0.299 e. The van der Waals surface area contributed by atoms with Crippen molar-refractivity contribution in [3.63, 3.8) is 0 Å². The van der Waals surface area contributed by atoms with Crippen molar-refractivity contribution in [2.75, 3.05) is 25.9 Å². The summed E-state index contributed by atoms with van der Waals surface area (Å²) in [6.07, 6.45) is 8.92. The minimum absolute atomic E-state index is 0.216. The van der Waals surface area contributed by atoms with Crippen LogP contribution in [0.4, 0.5) is 0 Å². The molecule has 0 unspecified atom stereocenters. The summed E-state index contributed by atoms with van der Waals surface area (Å²) in [6, 6.07) is 2.32. The lowest BCUT2D eigenvalue weighted by Crippen LogP contribution is -2.39. The van der Waals surface area contributed by atoms with E-state index < -0.39 is 0 Å². The van der Waals surface area contributed by atoms with E-state index in [9.17, 15) is 0 Å². The van der Waals surface area contributed by atoms with Crippen LogP contribution in [0.2, 0.25) is 0 Å². The molecule has 0 aromatic carbocycles. The smallest absolute Gasteiger partial charge is 0.0627 e. The van der Waals surface area contributed by atoms with E-state index >= 15 is 0 Å². The van der Waals surface area contributed by atoms with Gasteiger partial charge in [-0.15, -0.1) is 11.8 Å². The van der Waals surface area contributed by atoms with E-state index in [0.717, 1.165) is 43.0 Å². The molecule has 0 bridgehead atoms. The van der Waals surface area contributed by atoms with Crippen molar-refractivity contribution >= 4 is 11.8 Å². The first kappa shape index (κ1) is 16.1. The molecule has 0 atom stereocenters. The maximum atomic E-state index is 8.85. The Kier molecular flexibility index (Phi) is 6.41. The third-order valence-corrected chi connectivity index (χ3v) is 4.53. The van der Waals surface area contributed by atoms with Crippen molar-refractivity contribution in [1.82, 2.24) is 4.90 Å². The third-order valence-electron chi connectivity index (χ3n) is 3.78. The van der Waals surface area contributed by atoms with Crippen molar-refractivity contribution in [3.05, 3.63) is 35.8 Å². The van der Waals surface area contributed by atoms with Gasteiger partial charge in [0.15, 0.2) is 0 Å². The zero-order chi connectivity index (χ0) is 14.3. The average molecular weight is 276 g/mol. The highest BCUT2D eigenvalue weighted by Crippen LogP contribution is 2.34. The van der Waals surface area contributed by atoms with Gasteiger partial charge in [-0.3, -0.25) is 4.90 Å². The SMILES string of the molecule is C=C/C(=C\C(=C)CN1CCC(C)(CC#N)CC1)SC. The first-order valence-electron chi connectivity index (χ1n) is 6.68. The minimum atomic E-state index is 0.216. The summed E-state index contributed by atoms with van der Waals surface area (Å²) in [5.41, 5.74) is 1.35. The number of likely N-dealkylation sites (tertiary alicyclic amines) is 1. The lowest BCUT2D eigenvalue weighted by Gasteiger charge is -2.38. The van der Waals surface area contributed by atoms with Crippen LogP contribution in [0.5, 0.6) is 0 Å². The van der Waals surface area contributed by atoms with Crippen molar-refractivity contribution in [2.24, 2.45) is 5.41 Å². The van der Waals surface area contributed by atoms with E-state index in [0.29, 0.717) is 6.42 Å². The van der Waals surface area contributed by atoms with Crippen LogP contribution >= 0.6 is 11.8 Å². The molecule has 0 spiro atoms. The Hall–Kier alpha value is -0.980. The standard InChI is InChI=1S/C16H24N2S/c1-5-15(19-4)12-14(2)13-18-10-7-16(3,6-9-17)8-11-18/h5,12H,1-2,6-8,10-11,13H2,3-4H3/b15-12+. The van der Waals surface area contributed by atoms with Crippen molar-refractivity contribution in [1.29, 1.82) is 5.26 Å². The molecule has 1 rings (SSSR count). The summed E-state index contributed by atoms with van der Waals surface area (Å²) in [4.78, 5) is 3.59. The molecule has 104 valence electrons. The maximum Gasteiger partial charge on any atom is 0.0627 e. The van der Waals surface area contributed by atoms with E-state index in [2.05, 4.69) is 43.4 Å². The average Bonchev–Trinajstić information content (AvgIpc) is 2.39. The number of nitriles is 1. The third kappa shape index (κ3) is 5.26. The van der Waals surface area contributed by atoms with Gasteiger partial charge in [-0.25, -0.2) is 0 Å². The van der Waals surface area contributed by atoms with E-state index in [1.54, 1.807) is 11.8 Å². The molecule has 1 aliphatic rings. The maximum absolute atomic E-state index is 8.85. The zero-order valence-electron chi connectivity index (χ0n) is 12.1. The monoisotopic (exact) mass is 276 g/mol. The Morgan fingerprint density at radius 1 is 1.47 bits per heavy atom. The highest BCUT2D eigenvalue weighted by molar-refractivity contribution is 8.02. The molecule has 1 fully saturated rings. The summed E-state index contributed by atoms with van der Waals surface area (Å²) in [5, 5.41) is 8.85. The van der Waals surface area contributed by atoms with E-state index in [-0.39, 0.29) is 5.41 Å². The zero-order valence-corrected chi connectivity index (χ0v) is 12.9. The first-order valence-corrected chi connectivity index (χ1v) is 7.91. The normalized spacial score (nSPS) is 19.7. The van der Waals surface area contributed by atoms with Gasteiger partial charge in [-0.1, -0.05) is 26.2 Å². The molecule has 0 aliphatic carbocycles. The number of hydrogen-bond donors (Lipinski definition) is 0. The molecule has 1 aliphatic heterocycles. The van der Waals surface area contributed by atoms with Gasteiger partial charge in [0, 0.05) is 17.9 Å². The van der Waals surface area contributed by atoms with Crippen molar-refractivity contribution in [3.8, 4) is 6.07 Å². The first-order chi connectivity index (χ1) is 9.03. The molecule has 0 aromatic rings. The Balaban J connectivity index is 2.45. The summed E-state index contributed by atoms with van der Waals surface area (Å²) in [6.45, 7) is 13.2. The summed E-state index contributed by atoms with van der Waals surface area (Å²) < 4.78 is 0. The molecule has 2 nitrogen and oxygen atoms in total. The fraction of sp³-hybridized carbons (Fsp3) is 0.562. The molecule has 0 saturated carbocycles. The van der Waals surface area contributed by atoms with E-state index in [1.165, 1.54) is 0 Å². The van der Waals surface area contributed by atoms with Gasteiger partial charge in [-0.05, 0) is 49.3 Å². The molecule has 3 heteroatoms. The van der Waals surface area contributed by atoms with Crippen LogP contribution in [0.3, 0.4) is 0 Å². The molecule has 19 heavy (non-hydrogen) atoms. The lowest BCUT2D eigenvalue weighted by molar-refractivity contribution is 0.130. The predicted molar refractivity (Wildman–Crippen MR) is 84.9 cm³/mol. The Morgan fingerprint density at radius 2 is 2.11 bits per heavy atom. The van der Waals surface area contributed by atoms with Crippen LogP contribution in [-0.2, 0) is 0 Å². The Bertz CT molecular complexity index is 395. The fourth-order valence-corrected chi connectivity index (χ4v) is 2.81. The number of rotatable bonds is 6. The summed E-state index contributed by atoms with van der Waals surface area (Å²) in [7, 11) is 0. The second-order valence-corrected chi connectivity index (χ2v) is 6.41. The van der Waals surface area contributed by atoms with Gasteiger partial charge in [0.05, 0.1) is 6.07 Å². The number of thioether (sulfide) groups is 1. The van der Waals surface area contributed by atoms with Gasteiger partial charge in [-0.2, -0.15) is 5.26 Å². The van der Waals surface area contributed by atoms with Crippen molar-refractivity contribution < 1.29 is 0 Å².